The number of para-hydroxylation sites is 2. The second-order valence-electron chi connectivity index (χ2n) is 8.33. The molecule has 1 saturated carbocycles. The minimum absolute atomic E-state index is 0.0195. The van der Waals surface area contributed by atoms with Gasteiger partial charge in [-0.2, -0.15) is 5.10 Å². The summed E-state index contributed by atoms with van der Waals surface area (Å²) in [6.07, 6.45) is 7.54. The number of aliphatic hydroxyl groups excluding tert-OH is 1. The summed E-state index contributed by atoms with van der Waals surface area (Å²) in [6.45, 7) is 2.27. The molecule has 2 aromatic heterocycles. The van der Waals surface area contributed by atoms with Gasteiger partial charge in [-0.3, -0.25) is 9.48 Å². The standard InChI is InChI=1S/C21H26N6O2/c28-20-9-16-11-25(21(29)6-3-7-26-13-22-12-24-26)10-15(16)8-19(20)27-14-23-17-4-1-2-5-18(17)27/h1-2,4-5,12-16,19-20,28H,3,6-11H2/t15-,16+,19-,20-/m1/s1. The minimum Gasteiger partial charge on any atom is -0.391 e. The molecule has 0 radical (unpaired) electrons. The second-order valence-corrected chi connectivity index (χ2v) is 8.33. The van der Waals surface area contributed by atoms with E-state index >= 15 is 0 Å². The van der Waals surface area contributed by atoms with Gasteiger partial charge >= 0.3 is 0 Å². The molecule has 0 spiro atoms. The highest BCUT2D eigenvalue weighted by Crippen LogP contribution is 2.42. The molecular formula is C21H26N6O2. The predicted molar refractivity (Wildman–Crippen MR) is 107 cm³/mol. The number of amides is 1. The van der Waals surface area contributed by atoms with Crippen molar-refractivity contribution >= 4 is 16.9 Å². The molecule has 1 saturated heterocycles. The zero-order valence-electron chi connectivity index (χ0n) is 16.3. The van der Waals surface area contributed by atoms with E-state index in [0.717, 1.165) is 43.4 Å². The van der Waals surface area contributed by atoms with Gasteiger partial charge in [0.15, 0.2) is 0 Å². The Morgan fingerprint density at radius 2 is 1.97 bits per heavy atom. The van der Waals surface area contributed by atoms with Gasteiger partial charge in [0.1, 0.15) is 12.7 Å². The number of aryl methyl sites for hydroxylation is 1. The van der Waals surface area contributed by atoms with Crippen molar-refractivity contribution in [2.24, 2.45) is 11.8 Å². The third kappa shape index (κ3) is 3.53. The Balaban J connectivity index is 1.22. The van der Waals surface area contributed by atoms with E-state index < -0.39 is 6.10 Å². The van der Waals surface area contributed by atoms with Gasteiger partial charge in [-0.25, -0.2) is 9.97 Å². The lowest BCUT2D eigenvalue weighted by Gasteiger charge is -2.36. The van der Waals surface area contributed by atoms with E-state index in [1.54, 1.807) is 11.0 Å². The molecule has 29 heavy (non-hydrogen) atoms. The molecule has 2 fully saturated rings. The van der Waals surface area contributed by atoms with Crippen LogP contribution in [0.5, 0.6) is 0 Å². The smallest absolute Gasteiger partial charge is 0.222 e. The van der Waals surface area contributed by atoms with E-state index in [9.17, 15) is 9.90 Å². The van der Waals surface area contributed by atoms with E-state index in [-0.39, 0.29) is 11.9 Å². The summed E-state index contributed by atoms with van der Waals surface area (Å²) < 4.78 is 3.88. The van der Waals surface area contributed by atoms with Crippen LogP contribution in [-0.4, -0.2) is 59.4 Å². The fourth-order valence-corrected chi connectivity index (χ4v) is 5.05. The number of aromatic nitrogens is 5. The van der Waals surface area contributed by atoms with E-state index in [1.807, 2.05) is 29.4 Å². The number of aliphatic hydroxyl groups is 1. The molecule has 3 aromatic rings. The molecule has 8 heteroatoms. The highest BCUT2D eigenvalue weighted by molar-refractivity contribution is 5.76. The molecule has 1 N–H and O–H groups in total. The molecule has 2 aliphatic rings. The molecule has 0 unspecified atom stereocenters. The van der Waals surface area contributed by atoms with Crippen LogP contribution in [0.1, 0.15) is 31.7 Å². The van der Waals surface area contributed by atoms with Crippen LogP contribution in [0.25, 0.3) is 11.0 Å². The van der Waals surface area contributed by atoms with Crippen molar-refractivity contribution in [1.82, 2.24) is 29.2 Å². The van der Waals surface area contributed by atoms with Crippen LogP contribution >= 0.6 is 0 Å². The van der Waals surface area contributed by atoms with Gasteiger partial charge in [0.25, 0.3) is 0 Å². The molecule has 152 valence electrons. The van der Waals surface area contributed by atoms with Gasteiger partial charge in [0, 0.05) is 26.1 Å². The van der Waals surface area contributed by atoms with Crippen molar-refractivity contribution in [3.05, 3.63) is 43.2 Å². The Hall–Kier alpha value is -2.74. The molecule has 1 aliphatic heterocycles. The van der Waals surface area contributed by atoms with Crippen molar-refractivity contribution in [2.75, 3.05) is 13.1 Å². The molecule has 1 aromatic carbocycles. The lowest BCUT2D eigenvalue weighted by molar-refractivity contribution is -0.130. The zero-order valence-corrected chi connectivity index (χ0v) is 16.3. The summed E-state index contributed by atoms with van der Waals surface area (Å²) in [4.78, 5) is 23.1. The molecular weight excluding hydrogens is 368 g/mol. The Labute approximate surface area is 169 Å². The van der Waals surface area contributed by atoms with Crippen molar-refractivity contribution < 1.29 is 9.90 Å². The van der Waals surface area contributed by atoms with Crippen LogP contribution in [0.3, 0.4) is 0 Å². The normalized spacial score (nSPS) is 26.7. The summed E-state index contributed by atoms with van der Waals surface area (Å²) in [5.74, 6) is 1.03. The Bertz CT molecular complexity index is 984. The summed E-state index contributed by atoms with van der Waals surface area (Å²) in [5.41, 5.74) is 2.02. The van der Waals surface area contributed by atoms with Gasteiger partial charge < -0.3 is 14.6 Å². The Kier molecular flexibility index (Phi) is 4.79. The van der Waals surface area contributed by atoms with E-state index in [0.29, 0.717) is 24.8 Å². The third-order valence-corrected chi connectivity index (χ3v) is 6.54. The molecule has 0 bridgehead atoms. The molecule has 1 amide bonds. The number of rotatable bonds is 5. The SMILES string of the molecule is O=C(CCCn1cncn1)N1C[C@H]2C[C@@H](n3cnc4ccccc43)[C@H](O)C[C@H]2C1. The number of hydrogen-bond donors (Lipinski definition) is 1. The number of benzene rings is 1. The number of carbonyl (C=O) groups is 1. The molecule has 8 nitrogen and oxygen atoms in total. The number of likely N-dealkylation sites (tertiary alicyclic amines) is 1. The third-order valence-electron chi connectivity index (χ3n) is 6.54. The summed E-state index contributed by atoms with van der Waals surface area (Å²) in [5, 5.41) is 14.9. The topological polar surface area (TPSA) is 89.1 Å². The molecule has 3 heterocycles. The van der Waals surface area contributed by atoms with Crippen LogP contribution in [0.4, 0.5) is 0 Å². The predicted octanol–water partition coefficient (Wildman–Crippen LogP) is 1.88. The first-order valence-electron chi connectivity index (χ1n) is 10.4. The van der Waals surface area contributed by atoms with Crippen LogP contribution in [-0.2, 0) is 11.3 Å². The Morgan fingerprint density at radius 3 is 2.79 bits per heavy atom. The first-order chi connectivity index (χ1) is 14.2. The minimum atomic E-state index is -0.406. The van der Waals surface area contributed by atoms with Crippen LogP contribution in [0.2, 0.25) is 0 Å². The fourth-order valence-electron chi connectivity index (χ4n) is 5.05. The largest absolute Gasteiger partial charge is 0.391 e. The van der Waals surface area contributed by atoms with Gasteiger partial charge in [-0.05, 0) is 43.2 Å². The average molecular weight is 394 g/mol. The first-order valence-corrected chi connectivity index (χ1v) is 10.4. The van der Waals surface area contributed by atoms with Crippen LogP contribution in [0, 0.1) is 11.8 Å². The van der Waals surface area contributed by atoms with E-state index in [4.69, 9.17) is 0 Å². The zero-order chi connectivity index (χ0) is 19.8. The molecule has 5 rings (SSSR count). The average Bonchev–Trinajstić information content (AvgIpc) is 3.46. The first kappa shape index (κ1) is 18.3. The molecule has 1 aliphatic carbocycles. The lowest BCUT2D eigenvalue weighted by Crippen LogP contribution is -2.36. The summed E-state index contributed by atoms with van der Waals surface area (Å²) in [6, 6.07) is 8.07. The number of imidazole rings is 1. The second kappa shape index (κ2) is 7.59. The number of hydrogen-bond acceptors (Lipinski definition) is 5. The Morgan fingerprint density at radius 1 is 1.14 bits per heavy atom. The highest BCUT2D eigenvalue weighted by atomic mass is 16.3. The van der Waals surface area contributed by atoms with Gasteiger partial charge in [0.05, 0.1) is 29.5 Å². The highest BCUT2D eigenvalue weighted by Gasteiger charge is 2.43. The maximum Gasteiger partial charge on any atom is 0.222 e. The van der Waals surface area contributed by atoms with Gasteiger partial charge in [-0.15, -0.1) is 0 Å². The van der Waals surface area contributed by atoms with Gasteiger partial charge in [-0.1, -0.05) is 12.1 Å². The maximum atomic E-state index is 12.7. The van der Waals surface area contributed by atoms with E-state index in [2.05, 4.69) is 25.7 Å². The van der Waals surface area contributed by atoms with E-state index in [1.165, 1.54) is 6.33 Å². The molecule has 4 atom stereocenters. The monoisotopic (exact) mass is 394 g/mol. The summed E-state index contributed by atoms with van der Waals surface area (Å²) in [7, 11) is 0. The fraction of sp³-hybridized carbons (Fsp3) is 0.524. The van der Waals surface area contributed by atoms with Crippen molar-refractivity contribution in [3.8, 4) is 0 Å². The van der Waals surface area contributed by atoms with Crippen LogP contribution in [0.15, 0.2) is 43.2 Å². The van der Waals surface area contributed by atoms with Crippen molar-refractivity contribution in [3.63, 3.8) is 0 Å². The number of fused-ring (bicyclic) bond motifs is 2. The number of nitrogens with zero attached hydrogens (tertiary/aromatic N) is 6. The lowest BCUT2D eigenvalue weighted by atomic mass is 9.77. The van der Waals surface area contributed by atoms with Crippen molar-refractivity contribution in [1.29, 1.82) is 0 Å². The van der Waals surface area contributed by atoms with Gasteiger partial charge in [0.2, 0.25) is 5.91 Å². The quantitative estimate of drug-likeness (QED) is 0.714. The summed E-state index contributed by atoms with van der Waals surface area (Å²) >= 11 is 0. The number of carbonyl (C=O) groups excluding carboxylic acids is 1. The maximum absolute atomic E-state index is 12.7. The van der Waals surface area contributed by atoms with Crippen molar-refractivity contribution in [2.45, 2.75) is 44.4 Å². The van der Waals surface area contributed by atoms with Crippen LogP contribution < -0.4 is 0 Å².